The lowest BCUT2D eigenvalue weighted by Crippen LogP contribution is -2.60. The molecule has 6 rings (SSSR count). The summed E-state index contributed by atoms with van der Waals surface area (Å²) < 4.78 is 53.6. The van der Waals surface area contributed by atoms with Gasteiger partial charge in [0.05, 0.1) is 36.2 Å². The van der Waals surface area contributed by atoms with Crippen LogP contribution in [0.1, 0.15) is 39.9 Å². The van der Waals surface area contributed by atoms with Gasteiger partial charge in [0, 0.05) is 57.5 Å². The fraction of sp³-hybridized carbons (Fsp3) is 0.483. The van der Waals surface area contributed by atoms with E-state index >= 15 is 0 Å². The second-order valence-electron chi connectivity index (χ2n) is 11.0. The van der Waals surface area contributed by atoms with Crippen LogP contribution >= 0.6 is 0 Å². The maximum atomic E-state index is 13.7. The highest BCUT2D eigenvalue weighted by Gasteiger charge is 2.46. The lowest BCUT2D eigenvalue weighted by Gasteiger charge is -2.52. The molecule has 8 nitrogen and oxygen atoms in total. The number of morpholine rings is 1. The highest BCUT2D eigenvalue weighted by molar-refractivity contribution is 5.97. The van der Waals surface area contributed by atoms with Crippen molar-refractivity contribution >= 4 is 22.6 Å². The van der Waals surface area contributed by atoms with Gasteiger partial charge in [0.2, 0.25) is 5.43 Å². The SMILES string of the molecule is Cc1c(Cn2cc(C(=O)N3CC4(CCOCC4)C3)c(=O)c3ncc(N4CCOCC4)cc32)cccc1C(F)(F)F. The first kappa shape index (κ1) is 26.8. The van der Waals surface area contributed by atoms with Crippen molar-refractivity contribution in [2.24, 2.45) is 5.41 Å². The van der Waals surface area contributed by atoms with Crippen LogP contribution in [0.15, 0.2) is 41.5 Å². The Labute approximate surface area is 229 Å². The van der Waals surface area contributed by atoms with Crippen molar-refractivity contribution in [1.82, 2.24) is 14.5 Å². The van der Waals surface area contributed by atoms with Crippen molar-refractivity contribution in [3.8, 4) is 0 Å². The van der Waals surface area contributed by atoms with E-state index in [9.17, 15) is 22.8 Å². The van der Waals surface area contributed by atoms with Gasteiger partial charge in [-0.3, -0.25) is 9.59 Å². The highest BCUT2D eigenvalue weighted by atomic mass is 19.4. The lowest BCUT2D eigenvalue weighted by molar-refractivity contribution is -0.138. The maximum absolute atomic E-state index is 13.7. The number of nitrogens with zero attached hydrogens (tertiary/aromatic N) is 4. The monoisotopic (exact) mass is 556 g/mol. The largest absolute Gasteiger partial charge is 0.416 e. The molecule has 0 aliphatic carbocycles. The van der Waals surface area contributed by atoms with Crippen molar-refractivity contribution in [3.05, 3.63) is 69.1 Å². The summed E-state index contributed by atoms with van der Waals surface area (Å²) in [5.41, 5.74) is 0.750. The van der Waals surface area contributed by atoms with E-state index in [0.717, 1.165) is 24.6 Å². The van der Waals surface area contributed by atoms with Gasteiger partial charge >= 0.3 is 6.18 Å². The Morgan fingerprint density at radius 3 is 2.48 bits per heavy atom. The third-order valence-electron chi connectivity index (χ3n) is 8.50. The lowest BCUT2D eigenvalue weighted by atomic mass is 9.73. The van der Waals surface area contributed by atoms with Crippen LogP contribution in [0.25, 0.3) is 11.0 Å². The fourth-order valence-corrected chi connectivity index (χ4v) is 6.07. The number of likely N-dealkylation sites (tertiary alicyclic amines) is 1. The molecule has 0 radical (unpaired) electrons. The molecular formula is C29H31F3N4O4. The van der Waals surface area contributed by atoms with Crippen LogP contribution in [0.5, 0.6) is 0 Å². The standard InChI is InChI=1S/C29H31F3N4O4/c1-19-20(3-2-4-23(19)29(30,31)32)15-35-16-22(27(38)36-17-28(18-36)5-9-39-10-6-28)26(37)25-24(35)13-21(14-33-25)34-7-11-40-12-8-34/h2-4,13-14,16H,5-12,15,17-18H2,1H3. The molecule has 3 aliphatic rings. The average molecular weight is 557 g/mol. The molecule has 0 N–H and O–H groups in total. The normalized spacial score (nSPS) is 19.2. The van der Waals surface area contributed by atoms with Crippen LogP contribution in [-0.4, -0.2) is 73.0 Å². The van der Waals surface area contributed by atoms with E-state index in [1.807, 2.05) is 6.07 Å². The zero-order valence-electron chi connectivity index (χ0n) is 22.3. The Morgan fingerprint density at radius 2 is 1.77 bits per heavy atom. The van der Waals surface area contributed by atoms with E-state index in [4.69, 9.17) is 9.47 Å². The fourth-order valence-electron chi connectivity index (χ4n) is 6.07. The summed E-state index contributed by atoms with van der Waals surface area (Å²) in [5.74, 6) is -0.377. The summed E-state index contributed by atoms with van der Waals surface area (Å²) >= 11 is 0. The summed E-state index contributed by atoms with van der Waals surface area (Å²) in [5, 5.41) is 0. The number of benzene rings is 1. The number of alkyl halides is 3. The molecular weight excluding hydrogens is 525 g/mol. The Hall–Kier alpha value is -3.44. The van der Waals surface area contributed by atoms with Crippen molar-refractivity contribution in [1.29, 1.82) is 0 Å². The van der Waals surface area contributed by atoms with Gasteiger partial charge in [-0.1, -0.05) is 12.1 Å². The minimum absolute atomic E-state index is 0.0225. The van der Waals surface area contributed by atoms with Gasteiger partial charge in [-0.2, -0.15) is 13.2 Å². The first-order valence-electron chi connectivity index (χ1n) is 13.5. The first-order valence-corrected chi connectivity index (χ1v) is 13.5. The van der Waals surface area contributed by atoms with Crippen molar-refractivity contribution < 1.29 is 27.4 Å². The molecule has 5 heterocycles. The minimum Gasteiger partial charge on any atom is -0.381 e. The van der Waals surface area contributed by atoms with Gasteiger partial charge in [-0.15, -0.1) is 0 Å². The van der Waals surface area contributed by atoms with E-state index in [1.165, 1.54) is 19.2 Å². The van der Waals surface area contributed by atoms with E-state index in [2.05, 4.69) is 9.88 Å². The number of rotatable bonds is 4. The number of amides is 1. The van der Waals surface area contributed by atoms with Gasteiger partial charge in [0.25, 0.3) is 5.91 Å². The predicted molar refractivity (Wildman–Crippen MR) is 143 cm³/mol. The number of carbonyl (C=O) groups excluding carboxylic acids is 1. The summed E-state index contributed by atoms with van der Waals surface area (Å²) in [7, 11) is 0. The molecule has 1 spiro atoms. The molecule has 0 atom stereocenters. The second-order valence-corrected chi connectivity index (χ2v) is 11.0. The zero-order chi connectivity index (χ0) is 28.1. The van der Waals surface area contributed by atoms with Crippen LogP contribution in [-0.2, 0) is 22.2 Å². The quantitative estimate of drug-likeness (QED) is 0.486. The average Bonchev–Trinajstić information content (AvgIpc) is 2.94. The molecule has 3 saturated heterocycles. The van der Waals surface area contributed by atoms with Gasteiger partial charge < -0.3 is 23.8 Å². The smallest absolute Gasteiger partial charge is 0.381 e. The van der Waals surface area contributed by atoms with E-state index in [-0.39, 0.29) is 34.5 Å². The number of aromatic nitrogens is 2. The Kier molecular flexibility index (Phi) is 6.82. The van der Waals surface area contributed by atoms with Crippen LogP contribution in [0.4, 0.5) is 18.9 Å². The Balaban J connectivity index is 1.41. The molecule has 40 heavy (non-hydrogen) atoms. The van der Waals surface area contributed by atoms with E-state index < -0.39 is 17.2 Å². The number of anilines is 1. The van der Waals surface area contributed by atoms with Gasteiger partial charge in [-0.25, -0.2) is 4.98 Å². The molecule has 3 fully saturated rings. The topological polar surface area (TPSA) is 76.9 Å². The second kappa shape index (κ2) is 10.2. The van der Waals surface area contributed by atoms with Crippen LogP contribution in [0.3, 0.4) is 0 Å². The highest BCUT2D eigenvalue weighted by Crippen LogP contribution is 2.40. The van der Waals surface area contributed by atoms with Crippen LogP contribution in [0, 0.1) is 12.3 Å². The van der Waals surface area contributed by atoms with Gasteiger partial charge in [-0.05, 0) is 43.0 Å². The third kappa shape index (κ3) is 4.85. The number of ether oxygens (including phenoxy) is 2. The van der Waals surface area contributed by atoms with Gasteiger partial charge in [0.15, 0.2) is 0 Å². The number of hydrogen-bond acceptors (Lipinski definition) is 6. The molecule has 1 aromatic carbocycles. The molecule has 2 aromatic heterocycles. The number of halogens is 3. The minimum atomic E-state index is -4.49. The van der Waals surface area contributed by atoms with Gasteiger partial charge in [0.1, 0.15) is 11.1 Å². The summed E-state index contributed by atoms with van der Waals surface area (Å²) in [4.78, 5) is 35.4. The Morgan fingerprint density at radius 1 is 1.07 bits per heavy atom. The van der Waals surface area contributed by atoms with Crippen molar-refractivity contribution in [2.45, 2.75) is 32.5 Å². The Bertz CT molecular complexity index is 1500. The molecule has 212 valence electrons. The predicted octanol–water partition coefficient (Wildman–Crippen LogP) is 3.86. The maximum Gasteiger partial charge on any atom is 0.416 e. The number of carbonyl (C=O) groups is 1. The van der Waals surface area contributed by atoms with Crippen molar-refractivity contribution in [2.75, 3.05) is 57.5 Å². The van der Waals surface area contributed by atoms with E-state index in [0.29, 0.717) is 63.7 Å². The summed E-state index contributed by atoms with van der Waals surface area (Å²) in [6.07, 6.45) is 0.366. The first-order chi connectivity index (χ1) is 19.2. The summed E-state index contributed by atoms with van der Waals surface area (Å²) in [6.45, 7) is 6.36. The number of hydrogen-bond donors (Lipinski definition) is 0. The van der Waals surface area contributed by atoms with Crippen LogP contribution < -0.4 is 10.3 Å². The van der Waals surface area contributed by atoms with Crippen LogP contribution in [0.2, 0.25) is 0 Å². The number of fused-ring (bicyclic) bond motifs is 1. The molecule has 3 aromatic rings. The molecule has 0 bridgehead atoms. The van der Waals surface area contributed by atoms with Crippen molar-refractivity contribution in [3.63, 3.8) is 0 Å². The molecule has 3 aliphatic heterocycles. The molecule has 1 amide bonds. The summed E-state index contributed by atoms with van der Waals surface area (Å²) in [6, 6.07) is 5.91. The molecule has 11 heteroatoms. The molecule has 0 saturated carbocycles. The molecule has 0 unspecified atom stereocenters. The third-order valence-corrected chi connectivity index (χ3v) is 8.50. The van der Waals surface area contributed by atoms with E-state index in [1.54, 1.807) is 21.7 Å². The number of pyridine rings is 2. The zero-order valence-corrected chi connectivity index (χ0v) is 22.3.